The zero-order valence-corrected chi connectivity index (χ0v) is 20.4. The van der Waals surface area contributed by atoms with E-state index in [1.54, 1.807) is 0 Å². The number of nitrogens with zero attached hydrogens (tertiary/aromatic N) is 1. The second-order valence-corrected chi connectivity index (χ2v) is 9.58. The number of carboxylic acid groups (broad SMARTS) is 1. The summed E-state index contributed by atoms with van der Waals surface area (Å²) in [4.78, 5) is 10.7. The highest BCUT2D eigenvalue weighted by Gasteiger charge is 2.31. The van der Waals surface area contributed by atoms with Crippen LogP contribution in [0.3, 0.4) is 0 Å². The summed E-state index contributed by atoms with van der Waals surface area (Å²) >= 11 is 0. The minimum Gasteiger partial charge on any atom is -0.481 e. The topological polar surface area (TPSA) is 73.1 Å². The van der Waals surface area contributed by atoms with Gasteiger partial charge < -0.3 is 10.4 Å². The maximum atomic E-state index is 12.5. The third-order valence-corrected chi connectivity index (χ3v) is 6.31. The van der Waals surface area contributed by atoms with E-state index in [1.807, 2.05) is 24.3 Å². The van der Waals surface area contributed by atoms with Crippen molar-refractivity contribution in [1.29, 1.82) is 5.26 Å². The molecule has 1 aliphatic rings. The molecule has 0 saturated heterocycles. The van der Waals surface area contributed by atoms with Crippen LogP contribution in [0.15, 0.2) is 48.5 Å². The van der Waals surface area contributed by atoms with Gasteiger partial charge in [0.2, 0.25) is 0 Å². The van der Waals surface area contributed by atoms with Crippen molar-refractivity contribution in [2.45, 2.75) is 71.0 Å². The molecule has 3 rings (SSSR count). The van der Waals surface area contributed by atoms with E-state index in [9.17, 15) is 18.0 Å². The van der Waals surface area contributed by atoms with Crippen molar-refractivity contribution in [1.82, 2.24) is 5.32 Å². The fraction of sp³-hybridized carbons (Fsp3) is 0.500. The fourth-order valence-corrected chi connectivity index (χ4v) is 4.37. The Balaban J connectivity index is 0.000000258. The van der Waals surface area contributed by atoms with Gasteiger partial charge in [-0.25, -0.2) is 0 Å². The summed E-state index contributed by atoms with van der Waals surface area (Å²) in [6.07, 6.45) is 0.509. The standard InChI is InChI=1S/C15H17F3O2.C13H18N2/c16-15(17,18)13-6-4-11(5-7-13)12-3-1-2-10(8-12)9-14(19)20;1-11(2)7-8-15-10-13-6-4-3-5-12(13)9-14/h4-7,10,12H,1-3,8-9H2,(H,19,20);3-6,11,15H,7-8,10H2,1-2H3. The number of benzene rings is 2. The molecule has 4 nitrogen and oxygen atoms in total. The molecule has 1 fully saturated rings. The van der Waals surface area contributed by atoms with E-state index in [1.165, 1.54) is 18.6 Å². The van der Waals surface area contributed by atoms with Gasteiger partial charge in [-0.3, -0.25) is 4.79 Å². The number of nitriles is 1. The number of carboxylic acids is 1. The van der Waals surface area contributed by atoms with E-state index in [0.29, 0.717) is 0 Å². The molecule has 2 atom stereocenters. The van der Waals surface area contributed by atoms with Crippen LogP contribution in [0.25, 0.3) is 0 Å². The number of halogens is 3. The van der Waals surface area contributed by atoms with Crippen molar-refractivity contribution in [2.75, 3.05) is 6.54 Å². The zero-order valence-electron chi connectivity index (χ0n) is 20.4. The van der Waals surface area contributed by atoms with Crippen LogP contribution in [-0.4, -0.2) is 17.6 Å². The maximum absolute atomic E-state index is 12.5. The average molecular weight is 489 g/mol. The van der Waals surface area contributed by atoms with Crippen molar-refractivity contribution in [3.8, 4) is 6.07 Å². The SMILES string of the molecule is CC(C)CCNCc1ccccc1C#N.O=C(O)CC1CCCC(c2ccc(C(F)(F)F)cc2)C1. The molecule has 7 heteroatoms. The smallest absolute Gasteiger partial charge is 0.416 e. The number of aliphatic carboxylic acids is 1. The maximum Gasteiger partial charge on any atom is 0.416 e. The predicted octanol–water partition coefficient (Wildman–Crippen LogP) is 7.15. The van der Waals surface area contributed by atoms with Gasteiger partial charge in [-0.1, -0.05) is 50.6 Å². The Morgan fingerprint density at radius 2 is 1.83 bits per heavy atom. The Labute approximate surface area is 206 Å². The summed E-state index contributed by atoms with van der Waals surface area (Å²) < 4.78 is 37.5. The molecule has 0 spiro atoms. The highest BCUT2D eigenvalue weighted by molar-refractivity contribution is 5.67. The molecule has 2 aromatic carbocycles. The predicted molar refractivity (Wildman–Crippen MR) is 131 cm³/mol. The summed E-state index contributed by atoms with van der Waals surface area (Å²) in [7, 11) is 0. The number of hydrogen-bond donors (Lipinski definition) is 2. The van der Waals surface area contributed by atoms with E-state index in [0.717, 1.165) is 73.5 Å². The second kappa shape index (κ2) is 13.9. The van der Waals surface area contributed by atoms with Gasteiger partial charge in [0.1, 0.15) is 0 Å². The zero-order chi connectivity index (χ0) is 25.8. The molecule has 1 saturated carbocycles. The Morgan fingerprint density at radius 3 is 2.43 bits per heavy atom. The molecule has 35 heavy (non-hydrogen) atoms. The average Bonchev–Trinajstić information content (AvgIpc) is 2.82. The largest absolute Gasteiger partial charge is 0.481 e. The van der Waals surface area contributed by atoms with Crippen LogP contribution >= 0.6 is 0 Å². The normalized spacial score (nSPS) is 17.9. The van der Waals surface area contributed by atoms with E-state index in [4.69, 9.17) is 10.4 Å². The molecule has 2 unspecified atom stereocenters. The monoisotopic (exact) mass is 488 g/mol. The number of carbonyl (C=O) groups is 1. The lowest BCUT2D eigenvalue weighted by Crippen LogP contribution is -2.17. The van der Waals surface area contributed by atoms with Crippen molar-refractivity contribution in [3.63, 3.8) is 0 Å². The summed E-state index contributed by atoms with van der Waals surface area (Å²) in [6, 6.07) is 15.2. The highest BCUT2D eigenvalue weighted by atomic mass is 19.4. The van der Waals surface area contributed by atoms with Crippen LogP contribution in [0.2, 0.25) is 0 Å². The summed E-state index contributed by atoms with van der Waals surface area (Å²) in [5.41, 5.74) is 2.10. The molecular formula is C28H35F3N2O2. The molecule has 2 N–H and O–H groups in total. The first-order valence-electron chi connectivity index (χ1n) is 12.2. The van der Waals surface area contributed by atoms with Gasteiger partial charge in [0.05, 0.1) is 17.2 Å². The van der Waals surface area contributed by atoms with E-state index >= 15 is 0 Å². The lowest BCUT2D eigenvalue weighted by molar-refractivity contribution is -0.139. The van der Waals surface area contributed by atoms with Crippen molar-refractivity contribution in [2.24, 2.45) is 11.8 Å². The third kappa shape index (κ3) is 10.1. The second-order valence-electron chi connectivity index (χ2n) is 9.58. The summed E-state index contributed by atoms with van der Waals surface area (Å²) in [5, 5.41) is 21.1. The van der Waals surface area contributed by atoms with Gasteiger partial charge in [0, 0.05) is 13.0 Å². The third-order valence-electron chi connectivity index (χ3n) is 6.31. The van der Waals surface area contributed by atoms with Crippen molar-refractivity contribution < 1.29 is 23.1 Å². The van der Waals surface area contributed by atoms with Crippen molar-refractivity contribution >= 4 is 5.97 Å². The molecule has 0 amide bonds. The van der Waals surface area contributed by atoms with Gasteiger partial charge in [-0.05, 0) is 79.3 Å². The van der Waals surface area contributed by atoms with E-state index < -0.39 is 17.7 Å². The van der Waals surface area contributed by atoms with E-state index in [-0.39, 0.29) is 18.3 Å². The Bertz CT molecular complexity index is 965. The molecule has 0 bridgehead atoms. The minimum absolute atomic E-state index is 0.133. The fourth-order valence-electron chi connectivity index (χ4n) is 4.37. The first-order chi connectivity index (χ1) is 16.6. The van der Waals surface area contributed by atoms with Crippen LogP contribution in [0.4, 0.5) is 13.2 Å². The first-order valence-corrected chi connectivity index (χ1v) is 12.2. The van der Waals surface area contributed by atoms with Gasteiger partial charge in [-0.2, -0.15) is 18.4 Å². The van der Waals surface area contributed by atoms with Crippen LogP contribution in [0, 0.1) is 23.2 Å². The van der Waals surface area contributed by atoms with Crippen LogP contribution in [0.1, 0.15) is 80.5 Å². The molecule has 2 aromatic rings. The molecule has 0 radical (unpaired) electrons. The lowest BCUT2D eigenvalue weighted by atomic mass is 9.77. The van der Waals surface area contributed by atoms with Crippen LogP contribution in [-0.2, 0) is 17.5 Å². The van der Waals surface area contributed by atoms with E-state index in [2.05, 4.69) is 25.2 Å². The Morgan fingerprint density at radius 1 is 1.14 bits per heavy atom. The van der Waals surface area contributed by atoms with Crippen molar-refractivity contribution in [3.05, 3.63) is 70.8 Å². The first kappa shape index (κ1) is 28.4. The minimum atomic E-state index is -4.31. The highest BCUT2D eigenvalue weighted by Crippen LogP contribution is 2.38. The van der Waals surface area contributed by atoms with Crippen LogP contribution < -0.4 is 5.32 Å². The van der Waals surface area contributed by atoms with Gasteiger partial charge in [0.25, 0.3) is 0 Å². The lowest BCUT2D eigenvalue weighted by Gasteiger charge is -2.28. The molecule has 0 aromatic heterocycles. The number of nitrogens with one attached hydrogen (secondary N) is 1. The number of alkyl halides is 3. The molecule has 190 valence electrons. The Kier molecular flexibility index (Phi) is 11.3. The van der Waals surface area contributed by atoms with Gasteiger partial charge >= 0.3 is 12.1 Å². The molecule has 0 heterocycles. The molecule has 0 aliphatic heterocycles. The Hall–Kier alpha value is -2.85. The molecule has 1 aliphatic carbocycles. The summed E-state index contributed by atoms with van der Waals surface area (Å²) in [6.45, 7) is 6.23. The van der Waals surface area contributed by atoms with Gasteiger partial charge in [0.15, 0.2) is 0 Å². The summed E-state index contributed by atoms with van der Waals surface area (Å²) in [5.74, 6) is 0.232. The molecular weight excluding hydrogens is 453 g/mol. The van der Waals surface area contributed by atoms with Gasteiger partial charge in [-0.15, -0.1) is 0 Å². The number of hydrogen-bond acceptors (Lipinski definition) is 3. The quantitative estimate of drug-likeness (QED) is 0.387. The number of rotatable bonds is 8. The van der Waals surface area contributed by atoms with Crippen LogP contribution in [0.5, 0.6) is 0 Å².